The third kappa shape index (κ3) is 4.09. The molecule has 7 heteroatoms. The van der Waals surface area contributed by atoms with Crippen LogP contribution in [0.5, 0.6) is 5.75 Å². The number of amides is 2. The van der Waals surface area contributed by atoms with Gasteiger partial charge in [-0.2, -0.15) is 0 Å². The molecule has 3 aromatic rings. The molecule has 4 N–H and O–H groups in total. The maximum Gasteiger partial charge on any atom is 0.256 e. The lowest BCUT2D eigenvalue weighted by Gasteiger charge is -2.12. The average Bonchev–Trinajstić information content (AvgIpc) is 3.01. The molecule has 1 heterocycles. The molecule has 2 aromatic carbocycles. The standard InChI is InChI=1S/C20H20N2O5/c1-12-18(20(25)22-16(10-23)19(21)24)15-9-14(7-8-17(15)27-12)26-11-13-5-3-2-4-6-13/h2-9,16,23H,10-11H2,1H3,(H2,21,24)(H,22,25)/t16-/m0/s1/i11D2. The summed E-state index contributed by atoms with van der Waals surface area (Å²) in [5.74, 6) is -1.04. The van der Waals surface area contributed by atoms with Crippen LogP contribution in [0.2, 0.25) is 0 Å². The van der Waals surface area contributed by atoms with Crippen LogP contribution in [0.1, 0.15) is 24.4 Å². The first-order chi connectivity index (χ1) is 13.7. The van der Waals surface area contributed by atoms with E-state index in [0.29, 0.717) is 22.3 Å². The van der Waals surface area contributed by atoms with E-state index in [0.717, 1.165) is 0 Å². The minimum Gasteiger partial charge on any atom is -0.489 e. The molecule has 1 aromatic heterocycles. The molecule has 2 amide bonds. The van der Waals surface area contributed by atoms with Crippen LogP contribution in [0, 0.1) is 6.92 Å². The topological polar surface area (TPSA) is 115 Å². The van der Waals surface area contributed by atoms with Crippen molar-refractivity contribution in [2.75, 3.05) is 6.61 Å². The third-order valence-corrected chi connectivity index (χ3v) is 3.95. The Hall–Kier alpha value is -3.32. The SMILES string of the molecule is [2H]C([2H])(Oc1ccc2oc(C)c(C(=O)N[C@@H](CO)C(N)=O)c2c1)c1ccccc1. The zero-order valence-corrected chi connectivity index (χ0v) is 14.6. The van der Waals surface area contributed by atoms with Crippen LogP contribution in [0.15, 0.2) is 52.9 Å². The summed E-state index contributed by atoms with van der Waals surface area (Å²) in [6, 6.07) is 11.8. The summed E-state index contributed by atoms with van der Waals surface area (Å²) < 4.78 is 27.5. The van der Waals surface area contributed by atoms with E-state index in [9.17, 15) is 14.7 Å². The maximum absolute atomic E-state index is 12.6. The Morgan fingerprint density at radius 2 is 2.04 bits per heavy atom. The summed E-state index contributed by atoms with van der Waals surface area (Å²) in [6.45, 7) is -1.15. The molecule has 140 valence electrons. The number of aliphatic hydroxyl groups excluding tert-OH is 1. The largest absolute Gasteiger partial charge is 0.489 e. The van der Waals surface area contributed by atoms with Gasteiger partial charge in [0.2, 0.25) is 5.91 Å². The second kappa shape index (κ2) is 7.92. The van der Waals surface area contributed by atoms with E-state index in [1.807, 2.05) is 0 Å². The van der Waals surface area contributed by atoms with E-state index >= 15 is 0 Å². The second-order valence-electron chi connectivity index (χ2n) is 5.87. The number of nitrogens with one attached hydrogen (secondary N) is 1. The Morgan fingerprint density at radius 1 is 1.30 bits per heavy atom. The average molecular weight is 370 g/mol. The molecule has 0 fully saturated rings. The van der Waals surface area contributed by atoms with E-state index in [1.54, 1.807) is 43.3 Å². The van der Waals surface area contributed by atoms with Gasteiger partial charge in [-0.25, -0.2) is 0 Å². The highest BCUT2D eigenvalue weighted by Gasteiger charge is 2.23. The number of carbonyl (C=O) groups is 2. The molecule has 3 rings (SSSR count). The van der Waals surface area contributed by atoms with Crippen molar-refractivity contribution in [3.05, 3.63) is 65.4 Å². The predicted octanol–water partition coefficient (Wildman–Crippen LogP) is 1.90. The van der Waals surface area contributed by atoms with Crippen molar-refractivity contribution in [1.82, 2.24) is 5.32 Å². The quantitative estimate of drug-likeness (QED) is 0.588. The monoisotopic (exact) mass is 370 g/mol. The molecule has 0 bridgehead atoms. The first-order valence-corrected chi connectivity index (χ1v) is 8.21. The normalized spacial score (nSPS) is 13.6. The van der Waals surface area contributed by atoms with E-state index in [1.165, 1.54) is 12.1 Å². The van der Waals surface area contributed by atoms with Gasteiger partial charge in [0.25, 0.3) is 5.91 Å². The number of aliphatic hydroxyl groups is 1. The fourth-order valence-corrected chi connectivity index (χ4v) is 2.61. The van der Waals surface area contributed by atoms with E-state index in [4.69, 9.17) is 17.6 Å². The van der Waals surface area contributed by atoms with Crippen LogP contribution in [0.4, 0.5) is 0 Å². The minimum atomic E-state index is -2.09. The van der Waals surface area contributed by atoms with Gasteiger partial charge in [0.05, 0.1) is 14.9 Å². The van der Waals surface area contributed by atoms with Gasteiger partial charge in [-0.3, -0.25) is 9.59 Å². The highest BCUT2D eigenvalue weighted by atomic mass is 16.5. The van der Waals surface area contributed by atoms with Crippen LogP contribution >= 0.6 is 0 Å². The second-order valence-corrected chi connectivity index (χ2v) is 5.87. The molecule has 0 saturated carbocycles. The smallest absolute Gasteiger partial charge is 0.256 e. The highest BCUT2D eigenvalue weighted by Crippen LogP contribution is 2.29. The Balaban J connectivity index is 1.94. The van der Waals surface area contributed by atoms with Gasteiger partial charge >= 0.3 is 0 Å². The lowest BCUT2D eigenvalue weighted by atomic mass is 10.1. The maximum atomic E-state index is 12.6. The van der Waals surface area contributed by atoms with Gasteiger partial charge < -0.3 is 25.3 Å². The van der Waals surface area contributed by atoms with Crippen molar-refractivity contribution >= 4 is 22.8 Å². The molecule has 0 aliphatic rings. The van der Waals surface area contributed by atoms with Gasteiger partial charge in [0, 0.05) is 5.39 Å². The highest BCUT2D eigenvalue weighted by molar-refractivity contribution is 6.08. The van der Waals surface area contributed by atoms with Crippen LogP contribution in [-0.4, -0.2) is 29.6 Å². The summed E-state index contributed by atoms with van der Waals surface area (Å²) in [7, 11) is 0. The molecule has 0 unspecified atom stereocenters. The van der Waals surface area contributed by atoms with E-state index < -0.39 is 31.0 Å². The number of fused-ring (bicyclic) bond motifs is 1. The number of aryl methyl sites for hydroxylation is 1. The zero-order valence-electron chi connectivity index (χ0n) is 16.6. The summed E-state index contributed by atoms with van der Waals surface area (Å²) in [6.07, 6.45) is 0. The molecule has 0 radical (unpaired) electrons. The molecular formula is C20H20N2O5. The number of primary amides is 1. The molecular weight excluding hydrogens is 348 g/mol. The summed E-state index contributed by atoms with van der Waals surface area (Å²) in [5, 5.41) is 11.9. The molecule has 1 atom stereocenters. The van der Waals surface area contributed by atoms with Gasteiger partial charge in [-0.15, -0.1) is 0 Å². The van der Waals surface area contributed by atoms with Gasteiger partial charge in [-0.05, 0) is 30.7 Å². The summed E-state index contributed by atoms with van der Waals surface area (Å²) in [5.41, 5.74) is 6.02. The van der Waals surface area contributed by atoms with Crippen molar-refractivity contribution in [2.24, 2.45) is 5.73 Å². The van der Waals surface area contributed by atoms with Crippen LogP contribution < -0.4 is 15.8 Å². The van der Waals surface area contributed by atoms with E-state index in [2.05, 4.69) is 5.32 Å². The van der Waals surface area contributed by atoms with Gasteiger partial charge in [-0.1, -0.05) is 30.3 Å². The number of carbonyl (C=O) groups excluding carboxylic acids is 2. The van der Waals surface area contributed by atoms with Crippen molar-refractivity contribution in [1.29, 1.82) is 0 Å². The zero-order chi connectivity index (χ0) is 21.2. The fraction of sp³-hybridized carbons (Fsp3) is 0.200. The van der Waals surface area contributed by atoms with Crippen LogP contribution in [0.25, 0.3) is 11.0 Å². The molecule has 7 nitrogen and oxygen atoms in total. The van der Waals surface area contributed by atoms with Crippen molar-refractivity contribution in [3.8, 4) is 5.75 Å². The minimum absolute atomic E-state index is 0.144. The number of nitrogens with two attached hydrogens (primary N) is 1. The number of furan rings is 1. The first-order valence-electron chi connectivity index (χ1n) is 9.21. The number of hydrogen-bond donors (Lipinski definition) is 3. The number of ether oxygens (including phenoxy) is 1. The molecule has 0 spiro atoms. The van der Waals surface area contributed by atoms with E-state index in [-0.39, 0.29) is 11.3 Å². The molecule has 0 saturated heterocycles. The Bertz CT molecular complexity index is 1050. The fourth-order valence-electron chi connectivity index (χ4n) is 2.61. The predicted molar refractivity (Wildman–Crippen MR) is 99.3 cm³/mol. The van der Waals surface area contributed by atoms with Crippen molar-refractivity contribution < 1.29 is 26.6 Å². The van der Waals surface area contributed by atoms with Gasteiger partial charge in [0.1, 0.15) is 29.7 Å². The molecule has 0 aliphatic carbocycles. The summed E-state index contributed by atoms with van der Waals surface area (Å²) >= 11 is 0. The van der Waals surface area contributed by atoms with Crippen LogP contribution in [-0.2, 0) is 11.4 Å². The third-order valence-electron chi connectivity index (χ3n) is 3.95. The van der Waals surface area contributed by atoms with Crippen LogP contribution in [0.3, 0.4) is 0 Å². The Kier molecular flexibility index (Phi) is 4.67. The number of hydrogen-bond acceptors (Lipinski definition) is 5. The van der Waals surface area contributed by atoms with Gasteiger partial charge in [0.15, 0.2) is 0 Å². The number of benzene rings is 2. The molecule has 0 aliphatic heterocycles. The summed E-state index contributed by atoms with van der Waals surface area (Å²) in [4.78, 5) is 23.9. The lowest BCUT2D eigenvalue weighted by Crippen LogP contribution is -2.46. The van der Waals surface area contributed by atoms with Crippen molar-refractivity contribution in [2.45, 2.75) is 19.5 Å². The first kappa shape index (κ1) is 15.9. The Labute approximate surface area is 158 Å². The molecule has 27 heavy (non-hydrogen) atoms. The van der Waals surface area contributed by atoms with Crippen molar-refractivity contribution in [3.63, 3.8) is 0 Å². The lowest BCUT2D eigenvalue weighted by molar-refractivity contribution is -0.120. The Morgan fingerprint density at radius 3 is 2.70 bits per heavy atom. The number of rotatable bonds is 7.